The molecule has 3 aromatic rings. The standard InChI is InChI=1S/C31H26N2O6/c1-16(31(38)39-15-24(35)32-19-9-7-8-18(14-19)17(2)34)33-29(36)27-25-20-10-3-4-11-21(20)26(28(27)30(33)37)23-13-6-5-12-22(23)25/h3-14,16,25-28H,15H2,1-2H3,(H,32,35)/t16-,25?,26?,27+,28+/m0/s1. The number of benzene rings is 3. The lowest BCUT2D eigenvalue weighted by Gasteiger charge is -2.45. The summed E-state index contributed by atoms with van der Waals surface area (Å²) < 4.78 is 5.21. The minimum absolute atomic E-state index is 0.147. The van der Waals surface area contributed by atoms with Gasteiger partial charge in [0, 0.05) is 23.1 Å². The van der Waals surface area contributed by atoms with E-state index in [9.17, 15) is 24.0 Å². The van der Waals surface area contributed by atoms with Crippen molar-refractivity contribution in [1.29, 1.82) is 0 Å². The maximum atomic E-state index is 13.8. The fraction of sp³-hybridized carbons (Fsp3) is 0.258. The Kier molecular flexibility index (Phi) is 5.90. The van der Waals surface area contributed by atoms with Crippen molar-refractivity contribution in [1.82, 2.24) is 4.90 Å². The fourth-order valence-corrected chi connectivity index (χ4v) is 6.46. The number of carbonyl (C=O) groups is 5. The van der Waals surface area contributed by atoms with Gasteiger partial charge < -0.3 is 10.1 Å². The number of esters is 1. The van der Waals surface area contributed by atoms with Gasteiger partial charge in [0.2, 0.25) is 11.8 Å². The van der Waals surface area contributed by atoms with Crippen molar-refractivity contribution in [2.45, 2.75) is 31.7 Å². The molecule has 0 radical (unpaired) electrons. The van der Waals surface area contributed by atoms with Crippen LogP contribution in [-0.4, -0.2) is 47.0 Å². The molecule has 0 unspecified atom stereocenters. The summed E-state index contributed by atoms with van der Waals surface area (Å²) in [4.78, 5) is 65.5. The van der Waals surface area contributed by atoms with Gasteiger partial charge in [0.15, 0.2) is 12.4 Å². The molecule has 1 N–H and O–H groups in total. The van der Waals surface area contributed by atoms with Gasteiger partial charge in [-0.1, -0.05) is 60.7 Å². The second kappa shape index (κ2) is 9.31. The summed E-state index contributed by atoms with van der Waals surface area (Å²) in [5.41, 5.74) is 5.01. The largest absolute Gasteiger partial charge is 0.454 e. The van der Waals surface area contributed by atoms with E-state index < -0.39 is 36.4 Å². The van der Waals surface area contributed by atoms with Gasteiger partial charge >= 0.3 is 5.97 Å². The van der Waals surface area contributed by atoms with E-state index >= 15 is 0 Å². The molecule has 0 spiro atoms. The lowest BCUT2D eigenvalue weighted by atomic mass is 9.55. The van der Waals surface area contributed by atoms with Crippen LogP contribution in [0.25, 0.3) is 0 Å². The number of nitrogens with zero attached hydrogens (tertiary/aromatic N) is 1. The molecule has 1 saturated heterocycles. The van der Waals surface area contributed by atoms with Gasteiger partial charge in [0.05, 0.1) is 11.8 Å². The average Bonchev–Trinajstić information content (AvgIpc) is 3.21. The molecular formula is C31H26N2O6. The van der Waals surface area contributed by atoms with Gasteiger partial charge in [-0.05, 0) is 48.2 Å². The van der Waals surface area contributed by atoms with Crippen molar-refractivity contribution < 1.29 is 28.7 Å². The van der Waals surface area contributed by atoms with Crippen LogP contribution in [0.3, 0.4) is 0 Å². The van der Waals surface area contributed by atoms with Crippen molar-refractivity contribution in [3.05, 3.63) is 101 Å². The third-order valence-electron chi connectivity index (χ3n) is 8.11. The van der Waals surface area contributed by atoms with Crippen LogP contribution in [0.2, 0.25) is 0 Å². The molecule has 8 nitrogen and oxygen atoms in total. The van der Waals surface area contributed by atoms with Gasteiger partial charge in [0.25, 0.3) is 5.91 Å². The molecule has 0 aromatic heterocycles. The van der Waals surface area contributed by atoms with E-state index in [0.717, 1.165) is 27.2 Å². The van der Waals surface area contributed by atoms with E-state index in [2.05, 4.69) is 5.32 Å². The number of amides is 3. The zero-order chi connectivity index (χ0) is 27.4. The summed E-state index contributed by atoms with van der Waals surface area (Å²) in [7, 11) is 0. The normalized spacial score (nSPS) is 23.0. The van der Waals surface area contributed by atoms with E-state index in [0.29, 0.717) is 11.3 Å². The summed E-state index contributed by atoms with van der Waals surface area (Å²) in [5, 5.41) is 2.58. The summed E-state index contributed by atoms with van der Waals surface area (Å²) >= 11 is 0. The van der Waals surface area contributed by atoms with Crippen molar-refractivity contribution in [2.75, 3.05) is 11.9 Å². The van der Waals surface area contributed by atoms with Crippen LogP contribution in [0.1, 0.15) is 58.3 Å². The Hall–Kier alpha value is -4.59. The number of nitrogens with one attached hydrogen (secondary N) is 1. The molecule has 39 heavy (non-hydrogen) atoms. The van der Waals surface area contributed by atoms with E-state index in [-0.39, 0.29) is 29.4 Å². The number of likely N-dealkylation sites (tertiary alicyclic amines) is 1. The minimum atomic E-state index is -1.19. The van der Waals surface area contributed by atoms with Crippen LogP contribution in [0.15, 0.2) is 72.8 Å². The molecule has 1 aliphatic heterocycles. The second-order valence-corrected chi connectivity index (χ2v) is 10.3. The number of ketones is 1. The molecule has 1 fully saturated rings. The van der Waals surface area contributed by atoms with Crippen LogP contribution >= 0.6 is 0 Å². The van der Waals surface area contributed by atoms with Gasteiger partial charge in [-0.2, -0.15) is 0 Å². The SMILES string of the molecule is CC(=O)c1cccc(NC(=O)COC(=O)[C@H](C)N2C(=O)[C@@H]3C4c5ccccc5C(c5ccccc54)[C@H]3C2=O)c1. The molecule has 3 aliphatic carbocycles. The van der Waals surface area contributed by atoms with Crippen molar-refractivity contribution >= 4 is 35.2 Å². The van der Waals surface area contributed by atoms with E-state index in [1.165, 1.54) is 19.9 Å². The first kappa shape index (κ1) is 24.7. The van der Waals surface area contributed by atoms with Crippen molar-refractivity contribution in [2.24, 2.45) is 11.8 Å². The maximum absolute atomic E-state index is 13.8. The quantitative estimate of drug-likeness (QED) is 0.301. The highest BCUT2D eigenvalue weighted by atomic mass is 16.5. The number of rotatable bonds is 6. The summed E-state index contributed by atoms with van der Waals surface area (Å²) in [6.07, 6.45) is 0. The van der Waals surface area contributed by atoms with Gasteiger partial charge in [-0.3, -0.25) is 24.1 Å². The zero-order valence-electron chi connectivity index (χ0n) is 21.4. The zero-order valence-corrected chi connectivity index (χ0v) is 21.4. The Balaban J connectivity index is 1.19. The number of hydrogen-bond donors (Lipinski definition) is 1. The molecule has 3 amide bonds. The number of Topliss-reactive ketones (excluding diaryl/α,β-unsaturated/α-hetero) is 1. The molecular weight excluding hydrogens is 496 g/mol. The lowest BCUT2D eigenvalue weighted by molar-refractivity contribution is -0.159. The first-order chi connectivity index (χ1) is 18.8. The smallest absolute Gasteiger partial charge is 0.329 e. The molecule has 3 aromatic carbocycles. The van der Waals surface area contributed by atoms with Crippen molar-refractivity contribution in [3.63, 3.8) is 0 Å². The highest BCUT2D eigenvalue weighted by Crippen LogP contribution is 2.61. The second-order valence-electron chi connectivity index (χ2n) is 10.3. The molecule has 1 heterocycles. The third kappa shape index (κ3) is 3.86. The van der Waals surface area contributed by atoms with Crippen LogP contribution in [0, 0.1) is 11.8 Å². The number of carbonyl (C=O) groups excluding carboxylic acids is 5. The monoisotopic (exact) mass is 522 g/mol. The Labute approximate surface area is 225 Å². The molecule has 4 aliphatic rings. The summed E-state index contributed by atoms with van der Waals surface area (Å²) in [6.45, 7) is 2.27. The van der Waals surface area contributed by atoms with Crippen LogP contribution in [0.5, 0.6) is 0 Å². The summed E-state index contributed by atoms with van der Waals surface area (Å²) in [5.74, 6) is -4.11. The first-order valence-corrected chi connectivity index (χ1v) is 12.9. The predicted octanol–water partition coefficient (Wildman–Crippen LogP) is 3.65. The van der Waals surface area contributed by atoms with Crippen LogP contribution in [-0.2, 0) is 23.9 Å². The third-order valence-corrected chi connectivity index (χ3v) is 8.11. The van der Waals surface area contributed by atoms with E-state index in [1.807, 2.05) is 48.5 Å². The van der Waals surface area contributed by atoms with Crippen LogP contribution < -0.4 is 5.32 Å². The molecule has 0 saturated carbocycles. The average molecular weight is 523 g/mol. The molecule has 7 rings (SSSR count). The van der Waals surface area contributed by atoms with Gasteiger partial charge in [-0.25, -0.2) is 4.79 Å². The predicted molar refractivity (Wildman–Crippen MR) is 141 cm³/mol. The number of hydrogen-bond acceptors (Lipinski definition) is 6. The highest BCUT2D eigenvalue weighted by molar-refractivity contribution is 6.10. The molecule has 3 atom stereocenters. The topological polar surface area (TPSA) is 110 Å². The maximum Gasteiger partial charge on any atom is 0.329 e. The first-order valence-electron chi connectivity index (χ1n) is 12.9. The highest BCUT2D eigenvalue weighted by Gasteiger charge is 2.62. The Morgan fingerprint density at radius 1 is 0.821 bits per heavy atom. The lowest BCUT2D eigenvalue weighted by Crippen LogP contribution is -2.45. The van der Waals surface area contributed by atoms with Crippen LogP contribution in [0.4, 0.5) is 5.69 Å². The molecule has 8 heteroatoms. The molecule has 2 bridgehead atoms. The van der Waals surface area contributed by atoms with E-state index in [1.54, 1.807) is 18.2 Å². The van der Waals surface area contributed by atoms with Gasteiger partial charge in [-0.15, -0.1) is 0 Å². The Morgan fingerprint density at radius 3 is 1.82 bits per heavy atom. The number of imide groups is 1. The van der Waals surface area contributed by atoms with E-state index in [4.69, 9.17) is 4.74 Å². The summed E-state index contributed by atoms with van der Waals surface area (Å²) in [6, 6.07) is 21.0. The Bertz CT molecular complexity index is 1450. The number of ether oxygens (including phenoxy) is 1. The van der Waals surface area contributed by atoms with Gasteiger partial charge in [0.1, 0.15) is 6.04 Å². The fourth-order valence-electron chi connectivity index (χ4n) is 6.46. The number of anilines is 1. The minimum Gasteiger partial charge on any atom is -0.454 e. The van der Waals surface area contributed by atoms with Crippen molar-refractivity contribution in [3.8, 4) is 0 Å². The molecule has 196 valence electrons. The Morgan fingerprint density at radius 2 is 1.33 bits per heavy atom.